The monoisotopic (exact) mass is 489 g/mol. The van der Waals surface area contributed by atoms with Crippen LogP contribution in [-0.2, 0) is 17.7 Å². The first-order valence-electron chi connectivity index (χ1n) is 12.3. The van der Waals surface area contributed by atoms with Crippen LogP contribution in [0.5, 0.6) is 5.75 Å². The number of anilines is 4. The van der Waals surface area contributed by atoms with Gasteiger partial charge in [0.15, 0.2) is 11.5 Å². The third-order valence-electron chi connectivity index (χ3n) is 6.72. The fourth-order valence-corrected chi connectivity index (χ4v) is 4.78. The molecule has 3 heterocycles. The number of benzene rings is 2. The van der Waals surface area contributed by atoms with Gasteiger partial charge in [0.05, 0.1) is 18.9 Å². The standard InChI is InChI=1S/C26H31N7O3/c1-3-33-11-10-16-14-22(35-2)20(13-17(16)15-33)29-26-30-25(23(24(27)34)31-32-26)28-19-8-5-4-7-18(19)21-9-6-12-36-21/h4-5,7-8,13-14,21H,3,6,9-12,15H2,1-2H3,(H2,27,34)(H2,28,29,30,32). The van der Waals surface area contributed by atoms with Gasteiger partial charge in [-0.2, -0.15) is 4.98 Å². The smallest absolute Gasteiger partial charge is 0.273 e. The van der Waals surface area contributed by atoms with Crippen molar-refractivity contribution < 1.29 is 14.3 Å². The van der Waals surface area contributed by atoms with E-state index in [4.69, 9.17) is 15.2 Å². The summed E-state index contributed by atoms with van der Waals surface area (Å²) in [5.74, 6) is 0.419. The second kappa shape index (κ2) is 10.5. The first-order chi connectivity index (χ1) is 17.6. The molecule has 3 aromatic rings. The number of aromatic nitrogens is 3. The van der Waals surface area contributed by atoms with Gasteiger partial charge in [0.1, 0.15) is 5.75 Å². The lowest BCUT2D eigenvalue weighted by Gasteiger charge is -2.28. The number of primary amides is 1. The van der Waals surface area contributed by atoms with Crippen LogP contribution in [0.4, 0.5) is 23.1 Å². The minimum atomic E-state index is -0.718. The molecule has 1 saturated heterocycles. The summed E-state index contributed by atoms with van der Waals surface area (Å²) in [6, 6.07) is 11.9. The van der Waals surface area contributed by atoms with Crippen molar-refractivity contribution in [3.05, 3.63) is 58.8 Å². The van der Waals surface area contributed by atoms with Crippen molar-refractivity contribution in [2.75, 3.05) is 37.4 Å². The molecule has 1 amide bonds. The van der Waals surface area contributed by atoms with Gasteiger partial charge in [-0.05, 0) is 55.1 Å². The highest BCUT2D eigenvalue weighted by atomic mass is 16.5. The average Bonchev–Trinajstić information content (AvgIpc) is 3.43. The highest BCUT2D eigenvalue weighted by Gasteiger charge is 2.23. The second-order valence-electron chi connectivity index (χ2n) is 8.98. The molecule has 1 aromatic heterocycles. The van der Waals surface area contributed by atoms with Crippen LogP contribution in [0.3, 0.4) is 0 Å². The van der Waals surface area contributed by atoms with Crippen molar-refractivity contribution in [3.8, 4) is 5.75 Å². The van der Waals surface area contributed by atoms with Crippen molar-refractivity contribution in [2.24, 2.45) is 5.73 Å². The topological polar surface area (TPSA) is 128 Å². The molecule has 0 bridgehead atoms. The highest BCUT2D eigenvalue weighted by Crippen LogP contribution is 2.36. The van der Waals surface area contributed by atoms with Crippen LogP contribution in [0.1, 0.15) is 53.0 Å². The van der Waals surface area contributed by atoms with E-state index < -0.39 is 5.91 Å². The Hall–Kier alpha value is -3.76. The molecule has 36 heavy (non-hydrogen) atoms. The van der Waals surface area contributed by atoms with Gasteiger partial charge in [-0.1, -0.05) is 25.1 Å². The molecule has 2 aromatic carbocycles. The summed E-state index contributed by atoms with van der Waals surface area (Å²) in [6.07, 6.45) is 2.90. The maximum absolute atomic E-state index is 12.1. The number of carbonyl (C=O) groups excluding carboxylic acids is 1. The van der Waals surface area contributed by atoms with E-state index >= 15 is 0 Å². The SMILES string of the molecule is CCN1CCc2cc(OC)c(Nc3nnc(C(N)=O)c(Nc4ccccc4C4CCCO4)n3)cc2C1. The number of nitrogens with one attached hydrogen (secondary N) is 2. The predicted molar refractivity (Wildman–Crippen MR) is 137 cm³/mol. The van der Waals surface area contributed by atoms with Gasteiger partial charge in [-0.15, -0.1) is 10.2 Å². The van der Waals surface area contributed by atoms with Crippen LogP contribution < -0.4 is 21.1 Å². The van der Waals surface area contributed by atoms with Crippen LogP contribution in [0, 0.1) is 0 Å². The number of para-hydroxylation sites is 1. The molecule has 1 fully saturated rings. The summed E-state index contributed by atoms with van der Waals surface area (Å²) in [4.78, 5) is 19.1. The number of carbonyl (C=O) groups is 1. The van der Waals surface area contributed by atoms with Gasteiger partial charge in [-0.3, -0.25) is 9.69 Å². The lowest BCUT2D eigenvalue weighted by Crippen LogP contribution is -2.30. The van der Waals surface area contributed by atoms with Crippen LogP contribution in [-0.4, -0.2) is 52.8 Å². The fourth-order valence-electron chi connectivity index (χ4n) is 4.78. The largest absolute Gasteiger partial charge is 0.495 e. The molecule has 10 heteroatoms. The van der Waals surface area contributed by atoms with Gasteiger partial charge in [0.25, 0.3) is 5.91 Å². The van der Waals surface area contributed by atoms with Crippen molar-refractivity contribution in [2.45, 2.75) is 38.8 Å². The number of hydrogen-bond donors (Lipinski definition) is 3. The maximum Gasteiger partial charge on any atom is 0.273 e. The first kappa shape index (κ1) is 24.0. The molecule has 1 atom stereocenters. The Labute approximate surface area is 210 Å². The van der Waals surface area contributed by atoms with E-state index in [1.54, 1.807) is 7.11 Å². The predicted octanol–water partition coefficient (Wildman–Crippen LogP) is 3.70. The third kappa shape index (κ3) is 4.95. The van der Waals surface area contributed by atoms with Crippen LogP contribution in [0.2, 0.25) is 0 Å². The van der Waals surface area contributed by atoms with Crippen molar-refractivity contribution in [1.29, 1.82) is 0 Å². The quantitative estimate of drug-likeness (QED) is 0.434. The molecular weight excluding hydrogens is 458 g/mol. The minimum Gasteiger partial charge on any atom is -0.495 e. The van der Waals surface area contributed by atoms with Crippen molar-refractivity contribution in [3.63, 3.8) is 0 Å². The molecule has 0 aliphatic carbocycles. The Kier molecular flexibility index (Phi) is 6.97. The molecule has 0 radical (unpaired) electrons. The summed E-state index contributed by atoms with van der Waals surface area (Å²) >= 11 is 0. The third-order valence-corrected chi connectivity index (χ3v) is 6.72. The minimum absolute atomic E-state index is 0.0134. The van der Waals surface area contributed by atoms with E-state index in [0.29, 0.717) is 5.75 Å². The fraction of sp³-hybridized carbons (Fsp3) is 0.385. The number of methoxy groups -OCH3 is 1. The Morgan fingerprint density at radius 3 is 2.81 bits per heavy atom. The summed E-state index contributed by atoms with van der Waals surface area (Å²) in [7, 11) is 1.64. The van der Waals surface area contributed by atoms with E-state index in [9.17, 15) is 4.79 Å². The molecule has 10 nitrogen and oxygen atoms in total. The van der Waals surface area contributed by atoms with Crippen molar-refractivity contribution >= 4 is 29.0 Å². The van der Waals surface area contributed by atoms with Crippen molar-refractivity contribution in [1.82, 2.24) is 20.1 Å². The lowest BCUT2D eigenvalue weighted by atomic mass is 9.98. The number of nitrogens with zero attached hydrogens (tertiary/aromatic N) is 4. The molecule has 188 valence electrons. The van der Waals surface area contributed by atoms with Crippen LogP contribution in [0.25, 0.3) is 0 Å². The summed E-state index contributed by atoms with van der Waals surface area (Å²) in [6.45, 7) is 5.80. The zero-order valence-corrected chi connectivity index (χ0v) is 20.6. The normalized spacial score (nSPS) is 17.4. The number of rotatable bonds is 8. The van der Waals surface area contributed by atoms with E-state index in [0.717, 1.165) is 62.4 Å². The highest BCUT2D eigenvalue weighted by molar-refractivity contribution is 5.96. The van der Waals surface area contributed by atoms with E-state index in [1.807, 2.05) is 24.3 Å². The summed E-state index contributed by atoms with van der Waals surface area (Å²) < 4.78 is 11.5. The van der Waals surface area contributed by atoms with Gasteiger partial charge in [0.2, 0.25) is 5.95 Å². The first-order valence-corrected chi connectivity index (χ1v) is 12.3. The second-order valence-corrected chi connectivity index (χ2v) is 8.98. The Morgan fingerprint density at radius 2 is 2.06 bits per heavy atom. The van der Waals surface area contributed by atoms with Crippen LogP contribution >= 0.6 is 0 Å². The van der Waals surface area contributed by atoms with E-state index in [1.165, 1.54) is 11.1 Å². The van der Waals surface area contributed by atoms with E-state index in [-0.39, 0.29) is 23.6 Å². The van der Waals surface area contributed by atoms with Gasteiger partial charge in [0, 0.05) is 30.9 Å². The van der Waals surface area contributed by atoms with Gasteiger partial charge < -0.3 is 25.8 Å². The molecule has 0 spiro atoms. The lowest BCUT2D eigenvalue weighted by molar-refractivity contribution is 0.0995. The summed E-state index contributed by atoms with van der Waals surface area (Å²) in [5, 5.41) is 14.7. The molecule has 0 saturated carbocycles. The number of ether oxygens (including phenoxy) is 2. The van der Waals surface area contributed by atoms with Crippen LogP contribution in [0.15, 0.2) is 36.4 Å². The molecule has 2 aliphatic heterocycles. The number of amides is 1. The molecule has 2 aliphatic rings. The zero-order chi connectivity index (χ0) is 25.1. The van der Waals surface area contributed by atoms with Gasteiger partial charge in [-0.25, -0.2) is 0 Å². The molecule has 5 rings (SSSR count). The molecule has 1 unspecified atom stereocenters. The summed E-state index contributed by atoms with van der Waals surface area (Å²) in [5.41, 5.74) is 10.6. The van der Waals surface area contributed by atoms with Gasteiger partial charge >= 0.3 is 0 Å². The zero-order valence-electron chi connectivity index (χ0n) is 20.6. The number of hydrogen-bond acceptors (Lipinski definition) is 9. The Balaban J connectivity index is 1.46. The number of likely N-dealkylation sites (N-methyl/N-ethyl adjacent to an activating group) is 1. The Bertz CT molecular complexity index is 1260. The number of fused-ring (bicyclic) bond motifs is 1. The molecular formula is C26H31N7O3. The average molecular weight is 490 g/mol. The molecule has 4 N–H and O–H groups in total. The van der Waals surface area contributed by atoms with E-state index in [2.05, 4.69) is 49.8 Å². The number of nitrogens with two attached hydrogens (primary N) is 1. The maximum atomic E-state index is 12.1. The Morgan fingerprint density at radius 1 is 1.19 bits per heavy atom.